The number of imidazole rings is 1. The number of nitrogens with one attached hydrogen (secondary N) is 1. The van der Waals surface area contributed by atoms with Crippen molar-refractivity contribution >= 4 is 29.0 Å². The van der Waals surface area contributed by atoms with Crippen LogP contribution in [0.1, 0.15) is 29.8 Å². The van der Waals surface area contributed by atoms with E-state index in [-0.39, 0.29) is 11.3 Å². The molecule has 2 aromatic heterocycles. The van der Waals surface area contributed by atoms with Crippen molar-refractivity contribution in [2.75, 3.05) is 11.9 Å². The highest BCUT2D eigenvalue weighted by Crippen LogP contribution is 2.22. The molecule has 124 valence electrons. The number of pyridine rings is 1. The van der Waals surface area contributed by atoms with Crippen molar-refractivity contribution in [3.63, 3.8) is 0 Å². The summed E-state index contributed by atoms with van der Waals surface area (Å²) >= 11 is 5.95. The van der Waals surface area contributed by atoms with E-state index in [4.69, 9.17) is 17.3 Å². The molecule has 0 unspecified atom stereocenters. The van der Waals surface area contributed by atoms with E-state index >= 15 is 0 Å². The third-order valence-corrected chi connectivity index (χ3v) is 4.32. The molecule has 1 amide bonds. The molecule has 0 aliphatic carbocycles. The number of rotatable bonds is 4. The topological polar surface area (TPSA) is 72.4 Å². The Hall–Kier alpha value is -2.37. The maximum absolute atomic E-state index is 12.4. The summed E-state index contributed by atoms with van der Waals surface area (Å²) in [6, 6.07) is 11.0. The normalized spacial score (nSPS) is 11.7. The van der Waals surface area contributed by atoms with Gasteiger partial charge in [0.1, 0.15) is 5.65 Å². The molecule has 0 aliphatic heterocycles. The van der Waals surface area contributed by atoms with Crippen molar-refractivity contribution in [1.29, 1.82) is 0 Å². The van der Waals surface area contributed by atoms with Gasteiger partial charge in [0.25, 0.3) is 5.91 Å². The first-order valence-electron chi connectivity index (χ1n) is 7.65. The minimum atomic E-state index is -0.207. The highest BCUT2D eigenvalue weighted by Gasteiger charge is 2.18. The number of nitrogens with two attached hydrogens (primary N) is 1. The zero-order valence-electron chi connectivity index (χ0n) is 13.6. The molecule has 0 aliphatic rings. The predicted octanol–water partition coefficient (Wildman–Crippen LogP) is 3.48. The van der Waals surface area contributed by atoms with E-state index in [1.54, 1.807) is 41.1 Å². The Morgan fingerprint density at radius 2 is 1.92 bits per heavy atom. The lowest BCUT2D eigenvalue weighted by Gasteiger charge is -2.23. The average molecular weight is 343 g/mol. The van der Waals surface area contributed by atoms with Crippen LogP contribution >= 0.6 is 11.6 Å². The van der Waals surface area contributed by atoms with Crippen molar-refractivity contribution in [1.82, 2.24) is 9.38 Å². The number of hydrogen-bond acceptors (Lipinski definition) is 3. The van der Waals surface area contributed by atoms with E-state index in [2.05, 4.69) is 24.1 Å². The number of fused-ring (bicyclic) bond motifs is 1. The molecule has 2 heterocycles. The lowest BCUT2D eigenvalue weighted by Crippen LogP contribution is -2.28. The van der Waals surface area contributed by atoms with E-state index in [9.17, 15) is 4.79 Å². The van der Waals surface area contributed by atoms with Crippen molar-refractivity contribution in [2.45, 2.75) is 19.3 Å². The molecule has 1 aromatic carbocycles. The highest BCUT2D eigenvalue weighted by atomic mass is 35.5. The Kier molecular flexibility index (Phi) is 4.30. The Bertz CT molecular complexity index is 884. The van der Waals surface area contributed by atoms with E-state index in [0.29, 0.717) is 22.9 Å². The van der Waals surface area contributed by atoms with Crippen LogP contribution in [-0.2, 0) is 5.41 Å². The number of hydrogen-bond donors (Lipinski definition) is 2. The van der Waals surface area contributed by atoms with Gasteiger partial charge >= 0.3 is 0 Å². The number of anilines is 1. The second kappa shape index (κ2) is 6.26. The van der Waals surface area contributed by atoms with Crippen LogP contribution in [0.5, 0.6) is 0 Å². The molecule has 0 saturated carbocycles. The van der Waals surface area contributed by atoms with E-state index < -0.39 is 0 Å². The monoisotopic (exact) mass is 342 g/mol. The number of nitrogens with zero attached hydrogens (tertiary/aromatic N) is 2. The third-order valence-electron chi connectivity index (χ3n) is 4.10. The fraction of sp³-hybridized carbons (Fsp3) is 0.222. The van der Waals surface area contributed by atoms with Crippen LogP contribution in [0, 0.1) is 0 Å². The first-order chi connectivity index (χ1) is 11.4. The number of carbonyl (C=O) groups is 1. The quantitative estimate of drug-likeness (QED) is 0.762. The smallest absolute Gasteiger partial charge is 0.256 e. The summed E-state index contributed by atoms with van der Waals surface area (Å²) in [6.07, 6.45) is 3.47. The van der Waals surface area contributed by atoms with Gasteiger partial charge in [0.15, 0.2) is 5.82 Å². The van der Waals surface area contributed by atoms with Gasteiger partial charge in [-0.15, -0.1) is 0 Å². The average Bonchev–Trinajstić information content (AvgIpc) is 2.96. The van der Waals surface area contributed by atoms with Crippen molar-refractivity contribution in [3.05, 3.63) is 64.9 Å². The van der Waals surface area contributed by atoms with Gasteiger partial charge in [-0.1, -0.05) is 37.6 Å². The molecular formula is C18H19ClN4O. The van der Waals surface area contributed by atoms with Crippen molar-refractivity contribution in [2.24, 2.45) is 5.73 Å². The van der Waals surface area contributed by atoms with Gasteiger partial charge in [0, 0.05) is 23.7 Å². The minimum Gasteiger partial charge on any atom is -0.330 e. The number of amides is 1. The summed E-state index contributed by atoms with van der Waals surface area (Å²) in [7, 11) is 0. The fourth-order valence-electron chi connectivity index (χ4n) is 2.40. The predicted molar refractivity (Wildman–Crippen MR) is 96.7 cm³/mol. The minimum absolute atomic E-state index is 0.115. The molecule has 0 radical (unpaired) electrons. The summed E-state index contributed by atoms with van der Waals surface area (Å²) in [4.78, 5) is 16.7. The molecule has 6 heteroatoms. The largest absolute Gasteiger partial charge is 0.330 e. The number of carbonyl (C=O) groups excluding carboxylic acids is 1. The van der Waals surface area contributed by atoms with Crippen LogP contribution in [0.4, 0.5) is 5.82 Å². The molecule has 0 spiro atoms. The molecule has 3 aromatic rings. The van der Waals surface area contributed by atoms with Crippen LogP contribution in [0.25, 0.3) is 5.65 Å². The molecule has 24 heavy (non-hydrogen) atoms. The van der Waals surface area contributed by atoms with E-state index in [1.165, 1.54) is 0 Å². The van der Waals surface area contributed by atoms with Gasteiger partial charge in [-0.05, 0) is 29.8 Å². The summed E-state index contributed by atoms with van der Waals surface area (Å²) < 4.78 is 1.77. The highest BCUT2D eigenvalue weighted by molar-refractivity contribution is 6.30. The third kappa shape index (κ3) is 3.27. The summed E-state index contributed by atoms with van der Waals surface area (Å²) in [5, 5.41) is 3.41. The van der Waals surface area contributed by atoms with Crippen molar-refractivity contribution < 1.29 is 4.79 Å². The van der Waals surface area contributed by atoms with Crippen LogP contribution < -0.4 is 11.1 Å². The Balaban J connectivity index is 1.78. The lowest BCUT2D eigenvalue weighted by atomic mass is 9.84. The number of aromatic nitrogens is 2. The van der Waals surface area contributed by atoms with Crippen LogP contribution in [-0.4, -0.2) is 21.8 Å². The van der Waals surface area contributed by atoms with E-state index in [1.807, 2.05) is 12.1 Å². The maximum Gasteiger partial charge on any atom is 0.256 e. The van der Waals surface area contributed by atoms with Crippen LogP contribution in [0.15, 0.2) is 48.8 Å². The van der Waals surface area contributed by atoms with Crippen molar-refractivity contribution in [3.8, 4) is 0 Å². The SMILES string of the molecule is CC(C)(CN)c1ccc(C(=O)Nc2cn3cc(Cl)ccc3n2)cc1. The van der Waals surface area contributed by atoms with Gasteiger partial charge < -0.3 is 15.5 Å². The fourth-order valence-corrected chi connectivity index (χ4v) is 2.57. The maximum atomic E-state index is 12.4. The molecule has 5 nitrogen and oxygen atoms in total. The Labute approximate surface area is 145 Å². The number of halogens is 1. The number of benzene rings is 1. The van der Waals surface area contributed by atoms with Gasteiger partial charge in [-0.3, -0.25) is 4.79 Å². The Morgan fingerprint density at radius 1 is 1.21 bits per heavy atom. The van der Waals surface area contributed by atoms with Gasteiger partial charge in [0.05, 0.1) is 11.2 Å². The Morgan fingerprint density at radius 3 is 2.58 bits per heavy atom. The van der Waals surface area contributed by atoms with E-state index in [0.717, 1.165) is 11.2 Å². The molecule has 0 saturated heterocycles. The van der Waals surface area contributed by atoms with Gasteiger partial charge in [0.2, 0.25) is 0 Å². The zero-order valence-corrected chi connectivity index (χ0v) is 14.3. The van der Waals surface area contributed by atoms with Gasteiger partial charge in [-0.2, -0.15) is 0 Å². The summed E-state index contributed by atoms with van der Waals surface area (Å²) in [5.41, 5.74) is 8.06. The lowest BCUT2D eigenvalue weighted by molar-refractivity contribution is 0.102. The molecule has 3 rings (SSSR count). The summed E-state index contributed by atoms with van der Waals surface area (Å²) in [5.74, 6) is 0.273. The zero-order chi connectivity index (χ0) is 17.3. The molecular weight excluding hydrogens is 324 g/mol. The first-order valence-corrected chi connectivity index (χ1v) is 8.03. The molecule has 0 atom stereocenters. The second-order valence-electron chi connectivity index (χ2n) is 6.36. The van der Waals surface area contributed by atoms with Gasteiger partial charge in [-0.25, -0.2) is 4.98 Å². The molecule has 0 bridgehead atoms. The molecule has 3 N–H and O–H groups in total. The summed E-state index contributed by atoms with van der Waals surface area (Å²) in [6.45, 7) is 4.69. The second-order valence-corrected chi connectivity index (χ2v) is 6.79. The van der Waals surface area contributed by atoms with Crippen LogP contribution in [0.2, 0.25) is 5.02 Å². The molecule has 0 fully saturated rings. The first kappa shape index (κ1) is 16.5. The standard InChI is InChI=1S/C18H19ClN4O/c1-18(2,11-20)13-5-3-12(4-6-13)17(24)22-15-10-23-9-14(19)7-8-16(23)21-15/h3-10H,11,20H2,1-2H3,(H,22,24). The van der Waals surface area contributed by atoms with Crippen LogP contribution in [0.3, 0.4) is 0 Å².